The van der Waals surface area contributed by atoms with Crippen LogP contribution in [0.2, 0.25) is 0 Å². The minimum atomic E-state index is -4.02. The van der Waals surface area contributed by atoms with Gasteiger partial charge in [0.15, 0.2) is 0 Å². The van der Waals surface area contributed by atoms with E-state index in [-0.39, 0.29) is 12.0 Å². The molecule has 1 rings (SSSR count). The smallest absolute Gasteiger partial charge is 0.243 e. The number of hydrogen-bond acceptors (Lipinski definition) is 3. The molecule has 0 aliphatic rings. The van der Waals surface area contributed by atoms with Crippen LogP contribution in [-0.4, -0.2) is 15.0 Å². The number of sulfonamides is 1. The highest BCUT2D eigenvalue weighted by Crippen LogP contribution is 2.22. The van der Waals surface area contributed by atoms with Gasteiger partial charge in [-0.2, -0.15) is 0 Å². The fourth-order valence-electron chi connectivity index (χ4n) is 1.39. The summed E-state index contributed by atoms with van der Waals surface area (Å²) < 4.78 is 52.5. The maximum Gasteiger partial charge on any atom is 0.243 e. The van der Waals surface area contributed by atoms with Crippen LogP contribution in [0.3, 0.4) is 0 Å². The van der Waals surface area contributed by atoms with Gasteiger partial charge in [0.2, 0.25) is 10.0 Å². The first kappa shape index (κ1) is 15.8. The van der Waals surface area contributed by atoms with E-state index in [0.29, 0.717) is 12.5 Å². The van der Waals surface area contributed by atoms with Crippen molar-refractivity contribution in [3.05, 3.63) is 23.8 Å². The number of halogens is 2. The number of anilines is 1. The molecule has 0 heterocycles. The Morgan fingerprint density at radius 1 is 1.21 bits per heavy atom. The van der Waals surface area contributed by atoms with E-state index in [1.165, 1.54) is 0 Å². The Bertz CT molecular complexity index is 566. The maximum atomic E-state index is 13.5. The van der Waals surface area contributed by atoms with Gasteiger partial charge in [-0.3, -0.25) is 0 Å². The van der Waals surface area contributed by atoms with Crippen molar-refractivity contribution < 1.29 is 17.2 Å². The first-order chi connectivity index (χ1) is 8.53. The van der Waals surface area contributed by atoms with E-state index >= 15 is 0 Å². The molecule has 0 aliphatic heterocycles. The van der Waals surface area contributed by atoms with Crippen LogP contribution in [0.4, 0.5) is 14.5 Å². The topological polar surface area (TPSA) is 72.2 Å². The molecule has 0 saturated heterocycles. The molecule has 0 saturated carbocycles. The molecular formula is C12H18F2N2O2S. The second-order valence-corrected chi connectivity index (χ2v) is 7.25. The molecule has 0 amide bonds. The van der Waals surface area contributed by atoms with E-state index in [2.05, 4.69) is 4.72 Å². The molecule has 19 heavy (non-hydrogen) atoms. The Morgan fingerprint density at radius 2 is 1.79 bits per heavy atom. The summed E-state index contributed by atoms with van der Waals surface area (Å²) in [5, 5.41) is 0. The molecule has 0 fully saturated rings. The van der Waals surface area contributed by atoms with Crippen LogP contribution >= 0.6 is 0 Å². The van der Waals surface area contributed by atoms with Gasteiger partial charge in [0.25, 0.3) is 0 Å². The van der Waals surface area contributed by atoms with Gasteiger partial charge < -0.3 is 5.73 Å². The van der Waals surface area contributed by atoms with Crippen molar-refractivity contribution in [2.45, 2.75) is 32.1 Å². The van der Waals surface area contributed by atoms with E-state index < -0.39 is 32.2 Å². The Hall–Kier alpha value is -1.21. The van der Waals surface area contributed by atoms with Crippen LogP contribution in [0.25, 0.3) is 0 Å². The minimum Gasteiger partial charge on any atom is -0.396 e. The van der Waals surface area contributed by atoms with E-state index in [0.717, 1.165) is 6.07 Å². The molecule has 108 valence electrons. The lowest BCUT2D eigenvalue weighted by Crippen LogP contribution is -2.28. The fraction of sp³-hybridized carbons (Fsp3) is 0.500. The Balaban J connectivity index is 2.92. The van der Waals surface area contributed by atoms with Gasteiger partial charge >= 0.3 is 0 Å². The Labute approximate surface area is 112 Å². The molecule has 1 aromatic rings. The molecule has 0 aliphatic carbocycles. The number of nitrogens with one attached hydrogen (secondary N) is 1. The molecule has 1 aromatic carbocycles. The number of nitrogens with two attached hydrogens (primary N) is 1. The zero-order valence-corrected chi connectivity index (χ0v) is 11.9. The lowest BCUT2D eigenvalue weighted by atomic mass is 9.93. The minimum absolute atomic E-state index is 0.0527. The van der Waals surface area contributed by atoms with Crippen molar-refractivity contribution in [3.63, 3.8) is 0 Å². The van der Waals surface area contributed by atoms with Crippen LogP contribution < -0.4 is 10.5 Å². The quantitative estimate of drug-likeness (QED) is 0.836. The zero-order chi connectivity index (χ0) is 14.8. The molecule has 0 aromatic heterocycles. The zero-order valence-electron chi connectivity index (χ0n) is 11.1. The summed E-state index contributed by atoms with van der Waals surface area (Å²) in [6.07, 6.45) is 0.588. The van der Waals surface area contributed by atoms with Crippen LogP contribution in [0.5, 0.6) is 0 Å². The lowest BCUT2D eigenvalue weighted by molar-refractivity contribution is 0.378. The summed E-state index contributed by atoms with van der Waals surface area (Å²) in [4.78, 5) is -0.639. The molecule has 0 unspecified atom stereocenters. The first-order valence-electron chi connectivity index (χ1n) is 5.77. The van der Waals surface area contributed by atoms with Crippen LogP contribution in [0.1, 0.15) is 27.2 Å². The van der Waals surface area contributed by atoms with Crippen LogP contribution in [-0.2, 0) is 10.0 Å². The van der Waals surface area contributed by atoms with E-state index in [9.17, 15) is 17.2 Å². The van der Waals surface area contributed by atoms with Crippen molar-refractivity contribution in [2.75, 3.05) is 12.3 Å². The summed E-state index contributed by atoms with van der Waals surface area (Å²) in [6.45, 7) is 6.04. The maximum absolute atomic E-state index is 13.5. The largest absolute Gasteiger partial charge is 0.396 e. The highest BCUT2D eigenvalue weighted by molar-refractivity contribution is 7.89. The molecule has 0 spiro atoms. The van der Waals surface area contributed by atoms with Crippen molar-refractivity contribution in [1.82, 2.24) is 4.72 Å². The second kappa shape index (κ2) is 5.42. The molecular weight excluding hydrogens is 274 g/mol. The summed E-state index contributed by atoms with van der Waals surface area (Å²) in [5.41, 5.74) is 4.79. The number of rotatable bonds is 4. The van der Waals surface area contributed by atoms with Gasteiger partial charge in [-0.15, -0.1) is 0 Å². The third kappa shape index (κ3) is 4.43. The predicted molar refractivity (Wildman–Crippen MR) is 70.0 cm³/mol. The van der Waals surface area contributed by atoms with Crippen molar-refractivity contribution in [3.8, 4) is 0 Å². The molecule has 3 N–H and O–H groups in total. The van der Waals surface area contributed by atoms with E-state index in [1.54, 1.807) is 0 Å². The van der Waals surface area contributed by atoms with E-state index in [4.69, 9.17) is 5.73 Å². The van der Waals surface area contributed by atoms with Gasteiger partial charge in [0.1, 0.15) is 16.5 Å². The third-order valence-electron chi connectivity index (χ3n) is 2.51. The number of hydrogen-bond donors (Lipinski definition) is 2. The van der Waals surface area contributed by atoms with E-state index in [1.807, 2.05) is 20.8 Å². The SMILES string of the molecule is CC(C)(C)CCNS(=O)(=O)c1cc(N)c(F)cc1F. The highest BCUT2D eigenvalue weighted by Gasteiger charge is 2.21. The molecule has 0 radical (unpaired) electrons. The van der Waals surface area contributed by atoms with Gasteiger partial charge in [-0.05, 0) is 17.9 Å². The average molecular weight is 292 g/mol. The molecule has 7 heteroatoms. The van der Waals surface area contributed by atoms with Crippen molar-refractivity contribution in [2.24, 2.45) is 5.41 Å². The molecule has 0 atom stereocenters. The number of nitrogen functional groups attached to an aromatic ring is 1. The van der Waals surface area contributed by atoms with Crippen molar-refractivity contribution in [1.29, 1.82) is 0 Å². The summed E-state index contributed by atoms with van der Waals surface area (Å²) >= 11 is 0. The summed E-state index contributed by atoms with van der Waals surface area (Å²) in [7, 11) is -4.02. The first-order valence-corrected chi connectivity index (χ1v) is 7.25. The summed E-state index contributed by atoms with van der Waals surface area (Å²) in [5.74, 6) is -2.14. The summed E-state index contributed by atoms with van der Waals surface area (Å²) in [6, 6.07) is 1.25. The molecule has 0 bridgehead atoms. The van der Waals surface area contributed by atoms with Gasteiger partial charge in [-0.1, -0.05) is 20.8 Å². The molecule has 4 nitrogen and oxygen atoms in total. The third-order valence-corrected chi connectivity index (χ3v) is 3.98. The highest BCUT2D eigenvalue weighted by atomic mass is 32.2. The second-order valence-electron chi connectivity index (χ2n) is 5.51. The van der Waals surface area contributed by atoms with Crippen LogP contribution in [0, 0.1) is 17.0 Å². The normalized spacial score (nSPS) is 12.7. The van der Waals surface area contributed by atoms with Gasteiger partial charge in [-0.25, -0.2) is 21.9 Å². The predicted octanol–water partition coefficient (Wildman–Crippen LogP) is 2.26. The Kier molecular flexibility index (Phi) is 4.52. The lowest BCUT2D eigenvalue weighted by Gasteiger charge is -2.18. The average Bonchev–Trinajstić information content (AvgIpc) is 2.20. The van der Waals surface area contributed by atoms with Gasteiger partial charge in [0.05, 0.1) is 5.69 Å². The number of benzene rings is 1. The monoisotopic (exact) mass is 292 g/mol. The Morgan fingerprint density at radius 3 is 2.32 bits per heavy atom. The fourth-order valence-corrected chi connectivity index (χ4v) is 2.51. The van der Waals surface area contributed by atoms with Crippen molar-refractivity contribution >= 4 is 15.7 Å². The van der Waals surface area contributed by atoms with Gasteiger partial charge in [0, 0.05) is 12.6 Å². The standard InChI is InChI=1S/C12H18F2N2O2S/c1-12(2,3)4-5-16-19(17,18)11-7-10(15)8(13)6-9(11)14/h6-7,16H,4-5,15H2,1-3H3. The van der Waals surface area contributed by atoms with Crippen LogP contribution in [0.15, 0.2) is 17.0 Å².